The third-order valence-corrected chi connectivity index (χ3v) is 8.02. The van der Waals surface area contributed by atoms with Gasteiger partial charge in [0.25, 0.3) is 10.0 Å². The normalized spacial score (nSPS) is 17.1. The Balaban J connectivity index is 1.61. The lowest BCUT2D eigenvalue weighted by Gasteiger charge is -2.16. The molecular formula is C26H25N3O4S2. The van der Waals surface area contributed by atoms with Gasteiger partial charge in [-0.2, -0.15) is 8.42 Å². The molecule has 0 aromatic heterocycles. The number of sulfonamides is 1. The summed E-state index contributed by atoms with van der Waals surface area (Å²) in [7, 11) is -4.06. The smallest absolute Gasteiger partial charge is 0.284 e. The summed E-state index contributed by atoms with van der Waals surface area (Å²) in [6, 6.07) is 22.5. The van der Waals surface area contributed by atoms with E-state index < -0.39 is 21.2 Å². The van der Waals surface area contributed by atoms with Gasteiger partial charge in [-0.05, 0) is 55.3 Å². The number of para-hydroxylation sites is 1. The van der Waals surface area contributed by atoms with Crippen LogP contribution in [-0.2, 0) is 26.0 Å². The fourth-order valence-electron chi connectivity index (χ4n) is 3.54. The molecule has 1 saturated heterocycles. The van der Waals surface area contributed by atoms with Crippen molar-refractivity contribution in [1.29, 1.82) is 0 Å². The Kier molecular flexibility index (Phi) is 7.37. The summed E-state index contributed by atoms with van der Waals surface area (Å²) in [5.41, 5.74) is 3.19. The van der Waals surface area contributed by atoms with Crippen molar-refractivity contribution in [1.82, 2.24) is 0 Å². The van der Waals surface area contributed by atoms with E-state index in [2.05, 4.69) is 9.71 Å². The first-order valence-corrected chi connectivity index (χ1v) is 13.4. The summed E-state index contributed by atoms with van der Waals surface area (Å²) in [6.07, 6.45) is 0.665. The minimum atomic E-state index is -4.06. The van der Waals surface area contributed by atoms with Crippen molar-refractivity contribution < 1.29 is 18.0 Å². The fraction of sp³-hybridized carbons (Fsp3) is 0.192. The van der Waals surface area contributed by atoms with Gasteiger partial charge in [-0.3, -0.25) is 14.5 Å². The van der Waals surface area contributed by atoms with Crippen LogP contribution in [0.3, 0.4) is 0 Å². The zero-order valence-corrected chi connectivity index (χ0v) is 21.0. The molecule has 3 aromatic rings. The van der Waals surface area contributed by atoms with Crippen LogP contribution in [0.4, 0.5) is 11.4 Å². The fourth-order valence-corrected chi connectivity index (χ4v) is 5.88. The molecule has 0 saturated carbocycles. The van der Waals surface area contributed by atoms with Crippen LogP contribution < -0.4 is 10.2 Å². The zero-order chi connectivity index (χ0) is 25.0. The average Bonchev–Trinajstić information content (AvgIpc) is 3.14. The van der Waals surface area contributed by atoms with Crippen LogP contribution in [0, 0.1) is 6.92 Å². The molecule has 1 aliphatic heterocycles. The summed E-state index contributed by atoms with van der Waals surface area (Å²) >= 11 is 0.979. The molecule has 0 aliphatic carbocycles. The van der Waals surface area contributed by atoms with Crippen molar-refractivity contribution in [2.75, 3.05) is 10.2 Å². The van der Waals surface area contributed by atoms with Gasteiger partial charge in [-0.25, -0.2) is 0 Å². The monoisotopic (exact) mass is 507 g/mol. The molecule has 1 fully saturated rings. The van der Waals surface area contributed by atoms with Crippen molar-refractivity contribution in [2.24, 2.45) is 4.40 Å². The lowest BCUT2D eigenvalue weighted by atomic mass is 10.2. The Morgan fingerprint density at radius 2 is 1.66 bits per heavy atom. The Labute approximate surface area is 209 Å². The molecule has 0 bridgehead atoms. The van der Waals surface area contributed by atoms with E-state index in [0.717, 1.165) is 29.3 Å². The lowest BCUT2D eigenvalue weighted by molar-refractivity contribution is -0.121. The summed E-state index contributed by atoms with van der Waals surface area (Å²) in [5, 5.41) is 2.00. The van der Waals surface area contributed by atoms with Crippen LogP contribution in [0.15, 0.2) is 88.2 Å². The number of hydrogen-bond acceptors (Lipinski definition) is 5. The molecule has 9 heteroatoms. The molecule has 1 heterocycles. The van der Waals surface area contributed by atoms with Crippen molar-refractivity contribution in [3.8, 4) is 0 Å². The number of rotatable bonds is 7. The first-order chi connectivity index (χ1) is 16.8. The molecule has 7 nitrogen and oxygen atoms in total. The minimum Gasteiger partial charge on any atom is -0.326 e. The summed E-state index contributed by atoms with van der Waals surface area (Å²) in [6.45, 7) is 3.93. The highest BCUT2D eigenvalue weighted by atomic mass is 32.2. The van der Waals surface area contributed by atoms with Crippen LogP contribution in [0.5, 0.6) is 0 Å². The Morgan fingerprint density at radius 1 is 1.00 bits per heavy atom. The number of hydrogen-bond donors (Lipinski definition) is 1. The predicted molar refractivity (Wildman–Crippen MR) is 140 cm³/mol. The van der Waals surface area contributed by atoms with E-state index in [1.54, 1.807) is 54.6 Å². The number of carbonyl (C=O) groups excluding carboxylic acids is 2. The molecule has 1 N–H and O–H groups in total. The third-order valence-electron chi connectivity index (χ3n) is 5.48. The zero-order valence-electron chi connectivity index (χ0n) is 19.3. The minimum absolute atomic E-state index is 0.0221. The number of carbonyl (C=O) groups is 2. The quantitative estimate of drug-likeness (QED) is 0.497. The standard InChI is InChI=1S/C26H25N3O4S2/c1-3-19-11-15-22(16-12-19)35(32,33)28-26-29(21-7-5-4-6-8-21)25(31)23(34-26)17-24(30)27-20-13-9-18(2)10-14-20/h4-16,23H,3,17H2,1-2H3,(H,27,30). The summed E-state index contributed by atoms with van der Waals surface area (Å²) in [4.78, 5) is 27.3. The molecule has 4 rings (SSSR count). The number of aryl methyl sites for hydroxylation is 2. The van der Waals surface area contributed by atoms with Gasteiger partial charge in [0.2, 0.25) is 11.8 Å². The highest BCUT2D eigenvalue weighted by molar-refractivity contribution is 8.16. The van der Waals surface area contributed by atoms with E-state index >= 15 is 0 Å². The first kappa shape index (κ1) is 24.7. The first-order valence-electron chi connectivity index (χ1n) is 11.1. The molecule has 3 aromatic carbocycles. The number of benzene rings is 3. The van der Waals surface area contributed by atoms with Crippen LogP contribution in [-0.4, -0.2) is 30.6 Å². The molecule has 0 radical (unpaired) electrons. The van der Waals surface area contributed by atoms with E-state index in [9.17, 15) is 18.0 Å². The van der Waals surface area contributed by atoms with E-state index in [1.165, 1.54) is 17.0 Å². The lowest BCUT2D eigenvalue weighted by Crippen LogP contribution is -2.33. The summed E-state index contributed by atoms with van der Waals surface area (Å²) in [5.74, 6) is -0.734. The van der Waals surface area contributed by atoms with Gasteiger partial charge in [-0.15, -0.1) is 4.40 Å². The van der Waals surface area contributed by atoms with Crippen LogP contribution in [0.2, 0.25) is 0 Å². The maximum Gasteiger partial charge on any atom is 0.284 e. The SMILES string of the molecule is CCc1ccc(S(=O)(=O)N=C2SC(CC(=O)Nc3ccc(C)cc3)C(=O)N2c2ccccc2)cc1. The highest BCUT2D eigenvalue weighted by Gasteiger charge is 2.41. The largest absolute Gasteiger partial charge is 0.326 e. The number of amides is 2. The second kappa shape index (κ2) is 10.5. The van der Waals surface area contributed by atoms with Crippen molar-refractivity contribution in [3.05, 3.63) is 90.0 Å². The van der Waals surface area contributed by atoms with E-state index in [4.69, 9.17) is 0 Å². The number of nitrogens with one attached hydrogen (secondary N) is 1. The molecule has 35 heavy (non-hydrogen) atoms. The Bertz CT molecular complexity index is 1350. The van der Waals surface area contributed by atoms with E-state index in [1.807, 2.05) is 26.0 Å². The van der Waals surface area contributed by atoms with Gasteiger partial charge in [-0.1, -0.05) is 66.7 Å². The molecule has 2 amide bonds. The molecule has 0 spiro atoms. The van der Waals surface area contributed by atoms with Gasteiger partial charge in [0.15, 0.2) is 5.17 Å². The van der Waals surface area contributed by atoms with Crippen molar-refractivity contribution in [2.45, 2.75) is 36.8 Å². The molecular weight excluding hydrogens is 482 g/mol. The third kappa shape index (κ3) is 5.80. The Hall–Kier alpha value is -3.43. The number of thioether (sulfide) groups is 1. The van der Waals surface area contributed by atoms with E-state index in [0.29, 0.717) is 11.4 Å². The molecule has 1 aliphatic rings. The van der Waals surface area contributed by atoms with Crippen molar-refractivity contribution >= 4 is 50.1 Å². The van der Waals surface area contributed by atoms with Gasteiger partial charge >= 0.3 is 0 Å². The Morgan fingerprint density at radius 3 is 2.29 bits per heavy atom. The van der Waals surface area contributed by atoms with Gasteiger partial charge in [0.05, 0.1) is 10.6 Å². The second-order valence-corrected chi connectivity index (χ2v) is 10.9. The van der Waals surface area contributed by atoms with Crippen LogP contribution >= 0.6 is 11.8 Å². The number of anilines is 2. The maximum absolute atomic E-state index is 13.3. The molecule has 1 unspecified atom stereocenters. The average molecular weight is 508 g/mol. The molecule has 1 atom stereocenters. The van der Waals surface area contributed by atoms with Crippen LogP contribution in [0.25, 0.3) is 0 Å². The second-order valence-electron chi connectivity index (χ2n) is 8.08. The summed E-state index contributed by atoms with van der Waals surface area (Å²) < 4.78 is 30.1. The highest BCUT2D eigenvalue weighted by Crippen LogP contribution is 2.35. The van der Waals surface area contributed by atoms with Crippen molar-refractivity contribution in [3.63, 3.8) is 0 Å². The van der Waals surface area contributed by atoms with Gasteiger partial charge in [0, 0.05) is 12.1 Å². The van der Waals surface area contributed by atoms with E-state index in [-0.39, 0.29) is 22.4 Å². The molecule has 180 valence electrons. The number of amidine groups is 1. The van der Waals surface area contributed by atoms with Gasteiger partial charge in [0.1, 0.15) is 5.25 Å². The van der Waals surface area contributed by atoms with Crippen LogP contribution in [0.1, 0.15) is 24.5 Å². The topological polar surface area (TPSA) is 95.9 Å². The van der Waals surface area contributed by atoms with Gasteiger partial charge < -0.3 is 5.32 Å². The predicted octanol–water partition coefficient (Wildman–Crippen LogP) is 4.78. The number of nitrogens with zero attached hydrogens (tertiary/aromatic N) is 2. The maximum atomic E-state index is 13.3.